The quantitative estimate of drug-likeness (QED) is 0.630. The number of urea groups is 1. The van der Waals surface area contributed by atoms with Crippen molar-refractivity contribution in [3.05, 3.63) is 12.7 Å². The topological polar surface area (TPSA) is 61.4 Å². The molecule has 0 spiro atoms. The number of hydrogen-bond donors (Lipinski definition) is 2. The maximum absolute atomic E-state index is 11.5. The van der Waals surface area contributed by atoms with E-state index in [9.17, 15) is 9.59 Å². The van der Waals surface area contributed by atoms with E-state index < -0.39 is 0 Å². The van der Waals surface area contributed by atoms with E-state index in [4.69, 9.17) is 0 Å². The van der Waals surface area contributed by atoms with Crippen LogP contribution in [0.25, 0.3) is 0 Å². The van der Waals surface area contributed by atoms with Crippen molar-refractivity contribution in [2.45, 2.75) is 20.3 Å². The summed E-state index contributed by atoms with van der Waals surface area (Å²) in [5.74, 6) is 0.0639. The third-order valence-electron chi connectivity index (χ3n) is 2.15. The molecule has 0 saturated carbocycles. The lowest BCUT2D eigenvalue weighted by molar-refractivity contribution is -0.130. The van der Waals surface area contributed by atoms with Gasteiger partial charge in [0.25, 0.3) is 0 Å². The molecule has 0 aliphatic rings. The molecule has 92 valence electrons. The average molecular weight is 227 g/mol. The molecule has 0 radical (unpaired) electrons. The molecule has 0 bridgehead atoms. The lowest BCUT2D eigenvalue weighted by atomic mass is 10.3. The Kier molecular flexibility index (Phi) is 7.93. The first-order valence-electron chi connectivity index (χ1n) is 5.56. The molecule has 0 aliphatic carbocycles. The Bertz CT molecular complexity index is 237. The van der Waals surface area contributed by atoms with Gasteiger partial charge in [0.15, 0.2) is 0 Å². The van der Waals surface area contributed by atoms with Gasteiger partial charge in [0, 0.05) is 32.6 Å². The molecule has 5 heteroatoms. The van der Waals surface area contributed by atoms with Crippen LogP contribution in [-0.2, 0) is 4.79 Å². The van der Waals surface area contributed by atoms with Crippen LogP contribution in [0.1, 0.15) is 20.3 Å². The van der Waals surface area contributed by atoms with Crippen molar-refractivity contribution in [3.8, 4) is 0 Å². The van der Waals surface area contributed by atoms with Crippen LogP contribution < -0.4 is 10.6 Å². The fourth-order valence-corrected chi connectivity index (χ4v) is 1.24. The lowest BCUT2D eigenvalue weighted by Gasteiger charge is -2.18. The van der Waals surface area contributed by atoms with Gasteiger partial charge in [-0.05, 0) is 13.8 Å². The van der Waals surface area contributed by atoms with Crippen molar-refractivity contribution in [3.63, 3.8) is 0 Å². The molecule has 16 heavy (non-hydrogen) atoms. The summed E-state index contributed by atoms with van der Waals surface area (Å²) in [7, 11) is 0. The Balaban J connectivity index is 3.68. The van der Waals surface area contributed by atoms with Crippen molar-refractivity contribution in [2.24, 2.45) is 0 Å². The second kappa shape index (κ2) is 8.76. The molecule has 2 N–H and O–H groups in total. The van der Waals surface area contributed by atoms with E-state index in [0.717, 1.165) is 0 Å². The Labute approximate surface area is 96.9 Å². The van der Waals surface area contributed by atoms with Crippen LogP contribution in [0.5, 0.6) is 0 Å². The van der Waals surface area contributed by atoms with Crippen LogP contribution >= 0.6 is 0 Å². The van der Waals surface area contributed by atoms with Gasteiger partial charge in [-0.25, -0.2) is 4.79 Å². The van der Waals surface area contributed by atoms with Gasteiger partial charge in [-0.3, -0.25) is 4.79 Å². The molecule has 0 rings (SSSR count). The zero-order chi connectivity index (χ0) is 12.4. The smallest absolute Gasteiger partial charge is 0.315 e. The minimum Gasteiger partial charge on any atom is -0.343 e. The molecule has 0 aromatic carbocycles. The van der Waals surface area contributed by atoms with Crippen LogP contribution in [0, 0.1) is 0 Å². The van der Waals surface area contributed by atoms with E-state index in [0.29, 0.717) is 32.6 Å². The average Bonchev–Trinajstić information content (AvgIpc) is 2.28. The third-order valence-corrected chi connectivity index (χ3v) is 2.15. The number of carbonyl (C=O) groups is 2. The summed E-state index contributed by atoms with van der Waals surface area (Å²) in [4.78, 5) is 24.4. The van der Waals surface area contributed by atoms with E-state index in [1.54, 1.807) is 11.0 Å². The highest BCUT2D eigenvalue weighted by atomic mass is 16.2. The highest BCUT2D eigenvalue weighted by molar-refractivity contribution is 5.78. The van der Waals surface area contributed by atoms with Gasteiger partial charge in [-0.2, -0.15) is 0 Å². The summed E-state index contributed by atoms with van der Waals surface area (Å²) >= 11 is 0. The SMILES string of the molecule is C=CCNC(=O)NCCC(=O)N(CC)CC. The van der Waals surface area contributed by atoms with Gasteiger partial charge >= 0.3 is 6.03 Å². The van der Waals surface area contributed by atoms with Crippen molar-refractivity contribution in [1.82, 2.24) is 15.5 Å². The van der Waals surface area contributed by atoms with Crippen LogP contribution in [-0.4, -0.2) is 43.0 Å². The molecular formula is C11H21N3O2. The molecule has 0 unspecified atom stereocenters. The maximum Gasteiger partial charge on any atom is 0.315 e. The monoisotopic (exact) mass is 227 g/mol. The molecule has 0 fully saturated rings. The standard InChI is InChI=1S/C11H21N3O2/c1-4-8-12-11(16)13-9-7-10(15)14(5-2)6-3/h4H,1,5-9H2,2-3H3,(H2,12,13,16). The van der Waals surface area contributed by atoms with Crippen LogP contribution in [0.3, 0.4) is 0 Å². The molecule has 0 atom stereocenters. The number of hydrogen-bond acceptors (Lipinski definition) is 2. The molecule has 3 amide bonds. The summed E-state index contributed by atoms with van der Waals surface area (Å²) < 4.78 is 0. The molecule has 5 nitrogen and oxygen atoms in total. The second-order valence-corrected chi connectivity index (χ2v) is 3.24. The number of carbonyl (C=O) groups excluding carboxylic acids is 2. The number of rotatable bonds is 7. The number of amides is 3. The van der Waals surface area contributed by atoms with E-state index in [2.05, 4.69) is 17.2 Å². The fraction of sp³-hybridized carbons (Fsp3) is 0.636. The molecule has 0 heterocycles. The highest BCUT2D eigenvalue weighted by Gasteiger charge is 2.09. The lowest BCUT2D eigenvalue weighted by Crippen LogP contribution is -2.38. The first-order chi connectivity index (χ1) is 7.65. The van der Waals surface area contributed by atoms with Crippen LogP contribution in [0.2, 0.25) is 0 Å². The highest BCUT2D eigenvalue weighted by Crippen LogP contribution is 1.92. The molecule has 0 saturated heterocycles. The van der Waals surface area contributed by atoms with E-state index in [1.165, 1.54) is 0 Å². The van der Waals surface area contributed by atoms with Gasteiger partial charge in [-0.15, -0.1) is 6.58 Å². The molecule has 0 aliphatic heterocycles. The Morgan fingerprint density at radius 1 is 1.25 bits per heavy atom. The van der Waals surface area contributed by atoms with Gasteiger partial charge < -0.3 is 15.5 Å². The predicted molar refractivity (Wildman–Crippen MR) is 64.1 cm³/mol. The second-order valence-electron chi connectivity index (χ2n) is 3.24. The van der Waals surface area contributed by atoms with E-state index in [-0.39, 0.29) is 11.9 Å². The van der Waals surface area contributed by atoms with Gasteiger partial charge in [-0.1, -0.05) is 6.08 Å². The van der Waals surface area contributed by atoms with Gasteiger partial charge in [0.2, 0.25) is 5.91 Å². The van der Waals surface area contributed by atoms with Gasteiger partial charge in [0.05, 0.1) is 0 Å². The summed E-state index contributed by atoms with van der Waals surface area (Å²) in [6.45, 7) is 9.55. The third kappa shape index (κ3) is 6.06. The summed E-state index contributed by atoms with van der Waals surface area (Å²) in [5.41, 5.74) is 0. The fourth-order valence-electron chi connectivity index (χ4n) is 1.24. The first-order valence-corrected chi connectivity index (χ1v) is 5.56. The normalized spacial score (nSPS) is 9.38. The summed E-state index contributed by atoms with van der Waals surface area (Å²) in [5, 5.41) is 5.18. The van der Waals surface area contributed by atoms with Gasteiger partial charge in [0.1, 0.15) is 0 Å². The van der Waals surface area contributed by atoms with E-state index >= 15 is 0 Å². The zero-order valence-electron chi connectivity index (χ0n) is 10.1. The largest absolute Gasteiger partial charge is 0.343 e. The van der Waals surface area contributed by atoms with Crippen molar-refractivity contribution >= 4 is 11.9 Å². The minimum absolute atomic E-state index is 0.0639. The van der Waals surface area contributed by atoms with Crippen molar-refractivity contribution in [1.29, 1.82) is 0 Å². The minimum atomic E-state index is -0.271. The number of nitrogens with zero attached hydrogens (tertiary/aromatic N) is 1. The molecule has 0 aromatic rings. The van der Waals surface area contributed by atoms with Crippen molar-refractivity contribution in [2.75, 3.05) is 26.2 Å². The molecular weight excluding hydrogens is 206 g/mol. The molecule has 0 aromatic heterocycles. The Morgan fingerprint density at radius 2 is 1.88 bits per heavy atom. The van der Waals surface area contributed by atoms with Crippen LogP contribution in [0.15, 0.2) is 12.7 Å². The number of nitrogens with one attached hydrogen (secondary N) is 2. The predicted octanol–water partition coefficient (Wildman–Crippen LogP) is 0.730. The first kappa shape index (κ1) is 14.5. The van der Waals surface area contributed by atoms with Crippen LogP contribution in [0.4, 0.5) is 4.79 Å². The Hall–Kier alpha value is -1.52. The van der Waals surface area contributed by atoms with Crippen molar-refractivity contribution < 1.29 is 9.59 Å². The Morgan fingerprint density at radius 3 is 2.38 bits per heavy atom. The van der Waals surface area contributed by atoms with E-state index in [1.807, 2.05) is 13.8 Å². The summed E-state index contributed by atoms with van der Waals surface area (Å²) in [6.07, 6.45) is 1.93. The summed E-state index contributed by atoms with van der Waals surface area (Å²) in [6, 6.07) is -0.271. The maximum atomic E-state index is 11.5. The zero-order valence-corrected chi connectivity index (χ0v) is 10.1.